The largest absolute Gasteiger partial charge is 0.392 e. The van der Waals surface area contributed by atoms with Gasteiger partial charge in [0.15, 0.2) is 0 Å². The van der Waals surface area contributed by atoms with E-state index in [4.69, 9.17) is 5.73 Å². The third-order valence-electron chi connectivity index (χ3n) is 2.00. The standard InChI is InChI=1S/C9H13N3O2S2/c1-6-4-3-5-8(11-6)12-16(13,14)7(2)9(10)15/h3-5,7H,1-2H3,(H2,10,15)(H,11,12). The van der Waals surface area contributed by atoms with Crippen LogP contribution in [-0.2, 0) is 10.0 Å². The highest BCUT2D eigenvalue weighted by atomic mass is 32.2. The summed E-state index contributed by atoms with van der Waals surface area (Å²) in [6.45, 7) is 3.20. The van der Waals surface area contributed by atoms with Crippen LogP contribution in [0.5, 0.6) is 0 Å². The molecule has 0 aliphatic carbocycles. The topological polar surface area (TPSA) is 85.1 Å². The summed E-state index contributed by atoms with van der Waals surface area (Å²) < 4.78 is 25.8. The number of rotatable bonds is 4. The Morgan fingerprint density at radius 3 is 2.69 bits per heavy atom. The van der Waals surface area contributed by atoms with E-state index in [1.54, 1.807) is 25.1 Å². The van der Waals surface area contributed by atoms with Gasteiger partial charge >= 0.3 is 0 Å². The van der Waals surface area contributed by atoms with Crippen molar-refractivity contribution >= 4 is 33.0 Å². The predicted molar refractivity (Wildman–Crippen MR) is 67.8 cm³/mol. The number of thiocarbonyl (C=S) groups is 1. The van der Waals surface area contributed by atoms with Gasteiger partial charge in [-0.2, -0.15) is 0 Å². The van der Waals surface area contributed by atoms with E-state index >= 15 is 0 Å². The lowest BCUT2D eigenvalue weighted by Crippen LogP contribution is -2.35. The highest BCUT2D eigenvalue weighted by Gasteiger charge is 2.23. The molecule has 5 nitrogen and oxygen atoms in total. The minimum atomic E-state index is -3.61. The molecule has 0 amide bonds. The van der Waals surface area contributed by atoms with Gasteiger partial charge in [-0.15, -0.1) is 0 Å². The number of pyridine rings is 1. The van der Waals surface area contributed by atoms with E-state index in [0.29, 0.717) is 0 Å². The summed E-state index contributed by atoms with van der Waals surface area (Å²) in [7, 11) is -3.61. The van der Waals surface area contributed by atoms with E-state index < -0.39 is 15.3 Å². The highest BCUT2D eigenvalue weighted by molar-refractivity contribution is 7.95. The van der Waals surface area contributed by atoms with Gasteiger partial charge in [-0.05, 0) is 26.0 Å². The first-order valence-corrected chi connectivity index (χ1v) is 6.53. The number of sulfonamides is 1. The van der Waals surface area contributed by atoms with Crippen LogP contribution in [0.2, 0.25) is 0 Å². The maximum Gasteiger partial charge on any atom is 0.243 e. The molecule has 1 rings (SSSR count). The average Bonchev–Trinajstić information content (AvgIpc) is 2.15. The predicted octanol–water partition coefficient (Wildman–Crippen LogP) is 0.806. The first-order chi connectivity index (χ1) is 7.33. The Labute approximate surface area is 100 Å². The van der Waals surface area contributed by atoms with Crippen LogP contribution < -0.4 is 10.5 Å². The molecule has 0 radical (unpaired) electrons. The van der Waals surface area contributed by atoms with Gasteiger partial charge in [-0.3, -0.25) is 4.72 Å². The highest BCUT2D eigenvalue weighted by Crippen LogP contribution is 2.10. The van der Waals surface area contributed by atoms with Gasteiger partial charge in [0, 0.05) is 5.69 Å². The Kier molecular flexibility index (Phi) is 3.82. The second-order valence-corrected chi connectivity index (χ2v) is 5.83. The van der Waals surface area contributed by atoms with E-state index in [-0.39, 0.29) is 10.8 Å². The fourth-order valence-electron chi connectivity index (χ4n) is 0.987. The summed E-state index contributed by atoms with van der Waals surface area (Å²) in [5, 5.41) is -0.926. The molecule has 1 atom stereocenters. The fraction of sp³-hybridized carbons (Fsp3) is 0.333. The second-order valence-electron chi connectivity index (χ2n) is 3.36. The molecule has 0 aliphatic heterocycles. The summed E-state index contributed by atoms with van der Waals surface area (Å²) in [6.07, 6.45) is 0. The summed E-state index contributed by atoms with van der Waals surface area (Å²) in [5.41, 5.74) is 6.02. The Morgan fingerprint density at radius 2 is 2.19 bits per heavy atom. The molecular formula is C9H13N3O2S2. The van der Waals surface area contributed by atoms with E-state index in [0.717, 1.165) is 5.69 Å². The van der Waals surface area contributed by atoms with Gasteiger partial charge in [-0.1, -0.05) is 18.3 Å². The third-order valence-corrected chi connectivity index (χ3v) is 4.18. The number of anilines is 1. The van der Waals surface area contributed by atoms with Gasteiger partial charge in [0.1, 0.15) is 11.1 Å². The Balaban J connectivity index is 2.93. The van der Waals surface area contributed by atoms with E-state index in [1.807, 2.05) is 0 Å². The molecule has 1 unspecified atom stereocenters. The Hall–Kier alpha value is -1.21. The summed E-state index contributed by atoms with van der Waals surface area (Å²) in [6, 6.07) is 5.05. The quantitative estimate of drug-likeness (QED) is 0.781. The van der Waals surface area contributed by atoms with Gasteiger partial charge < -0.3 is 5.73 Å². The molecule has 0 aliphatic rings. The molecule has 0 saturated carbocycles. The van der Waals surface area contributed by atoms with Crippen LogP contribution in [0.4, 0.5) is 5.82 Å². The minimum Gasteiger partial charge on any atom is -0.392 e. The number of hydrogen-bond acceptors (Lipinski definition) is 4. The minimum absolute atomic E-state index is 0.0693. The van der Waals surface area contributed by atoms with Crippen LogP contribution in [-0.4, -0.2) is 23.6 Å². The Bertz CT molecular complexity index is 499. The SMILES string of the molecule is Cc1cccc(NS(=O)(=O)C(C)C(N)=S)n1. The molecule has 1 aromatic rings. The second kappa shape index (κ2) is 4.75. The zero-order valence-corrected chi connectivity index (χ0v) is 10.6. The van der Waals surface area contributed by atoms with Gasteiger partial charge in [-0.25, -0.2) is 13.4 Å². The molecule has 0 spiro atoms. The maximum absolute atomic E-state index is 11.7. The van der Waals surface area contributed by atoms with Crippen LogP contribution in [0.25, 0.3) is 0 Å². The lowest BCUT2D eigenvalue weighted by atomic mass is 10.4. The zero-order valence-electron chi connectivity index (χ0n) is 8.97. The smallest absolute Gasteiger partial charge is 0.243 e. The number of aryl methyl sites for hydroxylation is 1. The molecule has 0 bridgehead atoms. The van der Waals surface area contributed by atoms with Crippen molar-refractivity contribution in [2.24, 2.45) is 5.73 Å². The molecule has 1 heterocycles. The van der Waals surface area contributed by atoms with Crippen LogP contribution in [0.15, 0.2) is 18.2 Å². The number of nitrogens with zero attached hydrogens (tertiary/aromatic N) is 1. The maximum atomic E-state index is 11.7. The van der Waals surface area contributed by atoms with Crippen molar-refractivity contribution in [2.45, 2.75) is 19.1 Å². The molecule has 0 saturated heterocycles. The summed E-state index contributed by atoms with van der Waals surface area (Å²) in [4.78, 5) is 3.96. The van der Waals surface area contributed by atoms with Crippen LogP contribution >= 0.6 is 12.2 Å². The molecule has 0 aromatic carbocycles. The first kappa shape index (κ1) is 12.9. The number of nitrogens with two attached hydrogens (primary N) is 1. The molecule has 7 heteroatoms. The molecular weight excluding hydrogens is 246 g/mol. The first-order valence-electron chi connectivity index (χ1n) is 4.57. The van der Waals surface area contributed by atoms with Crippen LogP contribution in [0, 0.1) is 6.92 Å². The van der Waals surface area contributed by atoms with Crippen LogP contribution in [0.3, 0.4) is 0 Å². The van der Waals surface area contributed by atoms with Crippen molar-refractivity contribution in [1.82, 2.24) is 4.98 Å². The molecule has 16 heavy (non-hydrogen) atoms. The lowest BCUT2D eigenvalue weighted by molar-refractivity contribution is 0.598. The van der Waals surface area contributed by atoms with Gasteiger partial charge in [0.2, 0.25) is 10.0 Å². The van der Waals surface area contributed by atoms with Crippen molar-refractivity contribution < 1.29 is 8.42 Å². The fourth-order valence-corrected chi connectivity index (χ4v) is 2.25. The van der Waals surface area contributed by atoms with Gasteiger partial charge in [0.05, 0.1) is 4.99 Å². The average molecular weight is 259 g/mol. The van der Waals surface area contributed by atoms with Crippen molar-refractivity contribution in [1.29, 1.82) is 0 Å². The normalized spacial score (nSPS) is 13.1. The van der Waals surface area contributed by atoms with E-state index in [1.165, 1.54) is 6.92 Å². The molecule has 3 N–H and O–H groups in total. The van der Waals surface area contributed by atoms with Crippen LogP contribution in [0.1, 0.15) is 12.6 Å². The summed E-state index contributed by atoms with van der Waals surface area (Å²) in [5.74, 6) is 0.267. The molecule has 88 valence electrons. The van der Waals surface area contributed by atoms with Gasteiger partial charge in [0.25, 0.3) is 0 Å². The number of aromatic nitrogens is 1. The number of hydrogen-bond donors (Lipinski definition) is 2. The summed E-state index contributed by atoms with van der Waals surface area (Å²) >= 11 is 4.65. The van der Waals surface area contributed by atoms with Crippen molar-refractivity contribution in [3.63, 3.8) is 0 Å². The molecule has 0 fully saturated rings. The van der Waals surface area contributed by atoms with E-state index in [9.17, 15) is 8.42 Å². The van der Waals surface area contributed by atoms with Crippen molar-refractivity contribution in [3.05, 3.63) is 23.9 Å². The molecule has 1 aromatic heterocycles. The van der Waals surface area contributed by atoms with E-state index in [2.05, 4.69) is 21.9 Å². The monoisotopic (exact) mass is 259 g/mol. The lowest BCUT2D eigenvalue weighted by Gasteiger charge is -2.12. The van der Waals surface area contributed by atoms with Crippen molar-refractivity contribution in [2.75, 3.05) is 4.72 Å². The number of nitrogens with one attached hydrogen (secondary N) is 1. The zero-order chi connectivity index (χ0) is 12.3. The Morgan fingerprint density at radius 1 is 1.56 bits per heavy atom. The third kappa shape index (κ3) is 3.14. The van der Waals surface area contributed by atoms with Crippen molar-refractivity contribution in [3.8, 4) is 0 Å².